The molecule has 1 aliphatic rings. The SMILES string of the molecule is CCc1cc2c(N3CCCC(C)C3)nc(C)nc2s1. The minimum absolute atomic E-state index is 0.767. The van der Waals surface area contributed by atoms with Gasteiger partial charge in [0.25, 0.3) is 0 Å². The molecule has 0 amide bonds. The van der Waals surface area contributed by atoms with Crippen LogP contribution in [0.25, 0.3) is 10.2 Å². The van der Waals surface area contributed by atoms with Gasteiger partial charge < -0.3 is 4.90 Å². The number of piperidine rings is 1. The van der Waals surface area contributed by atoms with Crippen LogP contribution in [-0.2, 0) is 6.42 Å². The minimum atomic E-state index is 0.767. The number of hydrogen-bond donors (Lipinski definition) is 0. The highest BCUT2D eigenvalue weighted by Gasteiger charge is 2.21. The zero-order valence-electron chi connectivity index (χ0n) is 11.9. The molecule has 1 atom stereocenters. The minimum Gasteiger partial charge on any atom is -0.356 e. The van der Waals surface area contributed by atoms with E-state index in [0.29, 0.717) is 0 Å². The quantitative estimate of drug-likeness (QED) is 0.835. The predicted octanol–water partition coefficient (Wildman–Crippen LogP) is 3.80. The number of nitrogens with zero attached hydrogens (tertiary/aromatic N) is 3. The fourth-order valence-corrected chi connectivity index (χ4v) is 3.86. The van der Waals surface area contributed by atoms with Crippen LogP contribution in [0.1, 0.15) is 37.4 Å². The summed E-state index contributed by atoms with van der Waals surface area (Å²) in [6, 6.07) is 2.29. The molecule has 3 nitrogen and oxygen atoms in total. The first-order valence-corrected chi connectivity index (χ1v) is 8.01. The molecule has 2 aromatic rings. The number of aryl methyl sites for hydroxylation is 2. The Morgan fingerprint density at radius 2 is 2.26 bits per heavy atom. The summed E-state index contributed by atoms with van der Waals surface area (Å²) in [6.07, 6.45) is 3.69. The monoisotopic (exact) mass is 275 g/mol. The molecule has 3 heterocycles. The first-order valence-electron chi connectivity index (χ1n) is 7.19. The van der Waals surface area contributed by atoms with Gasteiger partial charge in [-0.1, -0.05) is 13.8 Å². The third-order valence-corrected chi connectivity index (χ3v) is 5.01. The second-order valence-corrected chi connectivity index (χ2v) is 6.69. The molecule has 0 spiro atoms. The number of rotatable bonds is 2. The van der Waals surface area contributed by atoms with Crippen LogP contribution < -0.4 is 4.90 Å². The lowest BCUT2D eigenvalue weighted by Gasteiger charge is -2.32. The van der Waals surface area contributed by atoms with Gasteiger partial charge in [-0.15, -0.1) is 11.3 Å². The van der Waals surface area contributed by atoms with Gasteiger partial charge in [0.05, 0.1) is 5.39 Å². The van der Waals surface area contributed by atoms with Crippen molar-refractivity contribution >= 4 is 27.4 Å². The second-order valence-electron chi connectivity index (χ2n) is 5.57. The van der Waals surface area contributed by atoms with E-state index in [4.69, 9.17) is 4.98 Å². The molecule has 0 bridgehead atoms. The summed E-state index contributed by atoms with van der Waals surface area (Å²) in [7, 11) is 0. The third-order valence-electron chi connectivity index (χ3n) is 3.84. The van der Waals surface area contributed by atoms with E-state index in [-0.39, 0.29) is 0 Å². The molecule has 0 aromatic carbocycles. The van der Waals surface area contributed by atoms with Gasteiger partial charge in [-0.25, -0.2) is 9.97 Å². The number of thiophene rings is 1. The normalized spacial score (nSPS) is 20.2. The fraction of sp³-hybridized carbons (Fsp3) is 0.600. The maximum atomic E-state index is 4.73. The summed E-state index contributed by atoms with van der Waals surface area (Å²) < 4.78 is 0. The van der Waals surface area contributed by atoms with Crippen molar-refractivity contribution in [2.24, 2.45) is 5.92 Å². The molecular formula is C15H21N3S. The standard InChI is InChI=1S/C15H21N3S/c1-4-12-8-13-14(16-11(3)17-15(13)19-12)18-7-5-6-10(2)9-18/h8,10H,4-7,9H2,1-3H3. The molecule has 0 aliphatic carbocycles. The molecule has 2 aromatic heterocycles. The summed E-state index contributed by atoms with van der Waals surface area (Å²) >= 11 is 1.81. The highest BCUT2D eigenvalue weighted by atomic mass is 32.1. The van der Waals surface area contributed by atoms with Gasteiger partial charge in [-0.2, -0.15) is 0 Å². The maximum absolute atomic E-state index is 4.73. The average molecular weight is 275 g/mol. The van der Waals surface area contributed by atoms with E-state index in [9.17, 15) is 0 Å². The van der Waals surface area contributed by atoms with Gasteiger partial charge in [0, 0.05) is 18.0 Å². The molecule has 1 unspecified atom stereocenters. The lowest BCUT2D eigenvalue weighted by Crippen LogP contribution is -2.35. The largest absolute Gasteiger partial charge is 0.356 e. The smallest absolute Gasteiger partial charge is 0.141 e. The first kappa shape index (κ1) is 12.9. The third kappa shape index (κ3) is 2.46. The van der Waals surface area contributed by atoms with E-state index < -0.39 is 0 Å². The van der Waals surface area contributed by atoms with Gasteiger partial charge in [-0.3, -0.25) is 0 Å². The number of aromatic nitrogens is 2. The predicted molar refractivity (Wildman–Crippen MR) is 82.1 cm³/mol. The molecule has 0 N–H and O–H groups in total. The van der Waals surface area contributed by atoms with E-state index in [2.05, 4.69) is 29.8 Å². The van der Waals surface area contributed by atoms with Crippen molar-refractivity contribution in [1.29, 1.82) is 0 Å². The van der Waals surface area contributed by atoms with Crippen LogP contribution in [0.2, 0.25) is 0 Å². The summed E-state index contributed by atoms with van der Waals surface area (Å²) in [4.78, 5) is 14.3. The van der Waals surface area contributed by atoms with E-state index in [0.717, 1.165) is 41.9 Å². The van der Waals surface area contributed by atoms with E-state index >= 15 is 0 Å². The lowest BCUT2D eigenvalue weighted by atomic mass is 10.0. The molecule has 102 valence electrons. The number of fused-ring (bicyclic) bond motifs is 1. The Morgan fingerprint density at radius 3 is 3.00 bits per heavy atom. The highest BCUT2D eigenvalue weighted by Crippen LogP contribution is 2.33. The maximum Gasteiger partial charge on any atom is 0.141 e. The Kier molecular flexibility index (Phi) is 3.44. The van der Waals surface area contributed by atoms with Crippen molar-refractivity contribution in [2.45, 2.75) is 40.0 Å². The Labute approximate surface area is 118 Å². The van der Waals surface area contributed by atoms with Crippen LogP contribution in [0.4, 0.5) is 5.82 Å². The van der Waals surface area contributed by atoms with Crippen LogP contribution in [-0.4, -0.2) is 23.1 Å². The Hall–Kier alpha value is -1.16. The Bertz CT molecular complexity index is 590. The van der Waals surface area contributed by atoms with Crippen molar-refractivity contribution in [3.63, 3.8) is 0 Å². The molecular weight excluding hydrogens is 254 g/mol. The Morgan fingerprint density at radius 1 is 1.42 bits per heavy atom. The molecule has 1 saturated heterocycles. The van der Waals surface area contributed by atoms with Crippen molar-refractivity contribution < 1.29 is 0 Å². The molecule has 3 rings (SSSR count). The van der Waals surface area contributed by atoms with Gasteiger partial charge >= 0.3 is 0 Å². The summed E-state index contributed by atoms with van der Waals surface area (Å²) in [5.41, 5.74) is 0. The summed E-state index contributed by atoms with van der Waals surface area (Å²) in [6.45, 7) is 8.80. The first-order chi connectivity index (χ1) is 9.17. The van der Waals surface area contributed by atoms with Crippen molar-refractivity contribution in [2.75, 3.05) is 18.0 Å². The molecule has 1 fully saturated rings. The Balaban J connectivity index is 2.08. The topological polar surface area (TPSA) is 29.0 Å². The van der Waals surface area contributed by atoms with Gasteiger partial charge in [-0.05, 0) is 38.2 Å². The van der Waals surface area contributed by atoms with Gasteiger partial charge in [0.1, 0.15) is 16.5 Å². The molecule has 0 saturated carbocycles. The zero-order valence-corrected chi connectivity index (χ0v) is 12.8. The van der Waals surface area contributed by atoms with E-state index in [1.807, 2.05) is 18.3 Å². The molecule has 4 heteroatoms. The second kappa shape index (κ2) is 5.08. The highest BCUT2D eigenvalue weighted by molar-refractivity contribution is 7.18. The molecule has 19 heavy (non-hydrogen) atoms. The van der Waals surface area contributed by atoms with Crippen molar-refractivity contribution in [3.05, 3.63) is 16.8 Å². The summed E-state index contributed by atoms with van der Waals surface area (Å²) in [5.74, 6) is 2.82. The van der Waals surface area contributed by atoms with Crippen molar-refractivity contribution in [3.8, 4) is 0 Å². The van der Waals surface area contributed by atoms with Crippen LogP contribution in [0.3, 0.4) is 0 Å². The fourth-order valence-electron chi connectivity index (χ4n) is 2.86. The van der Waals surface area contributed by atoms with Crippen LogP contribution in [0.5, 0.6) is 0 Å². The van der Waals surface area contributed by atoms with Crippen LogP contribution >= 0.6 is 11.3 Å². The van der Waals surface area contributed by atoms with Gasteiger partial charge in [0.15, 0.2) is 0 Å². The molecule has 0 radical (unpaired) electrons. The van der Waals surface area contributed by atoms with Crippen LogP contribution in [0.15, 0.2) is 6.07 Å². The number of anilines is 1. The summed E-state index contributed by atoms with van der Waals surface area (Å²) in [5, 5.41) is 1.25. The van der Waals surface area contributed by atoms with Crippen molar-refractivity contribution in [1.82, 2.24) is 9.97 Å². The average Bonchev–Trinajstić information content (AvgIpc) is 2.80. The molecule has 1 aliphatic heterocycles. The lowest BCUT2D eigenvalue weighted by molar-refractivity contribution is 0.445. The van der Waals surface area contributed by atoms with E-state index in [1.54, 1.807) is 0 Å². The van der Waals surface area contributed by atoms with Crippen LogP contribution in [0, 0.1) is 12.8 Å². The zero-order chi connectivity index (χ0) is 13.4. The van der Waals surface area contributed by atoms with Gasteiger partial charge in [0.2, 0.25) is 0 Å². The van der Waals surface area contributed by atoms with E-state index in [1.165, 1.54) is 23.1 Å². The number of hydrogen-bond acceptors (Lipinski definition) is 4.